The van der Waals surface area contributed by atoms with Crippen LogP contribution in [0, 0.1) is 0 Å². The smallest absolute Gasteiger partial charge is 0.256 e. The maximum atomic E-state index is 13.4. The number of rotatable bonds is 4. The predicted octanol–water partition coefficient (Wildman–Crippen LogP) is 4.50. The normalized spacial score (nSPS) is 14.9. The summed E-state index contributed by atoms with van der Waals surface area (Å²) in [4.78, 5) is 39.6. The number of benzene rings is 3. The van der Waals surface area contributed by atoms with Gasteiger partial charge in [0, 0.05) is 31.3 Å². The Labute approximate surface area is 191 Å². The number of amides is 3. The van der Waals surface area contributed by atoms with Gasteiger partial charge in [0.05, 0.1) is 10.6 Å². The highest BCUT2D eigenvalue weighted by Gasteiger charge is 2.35. The summed E-state index contributed by atoms with van der Waals surface area (Å²) in [6.07, 6.45) is 0.392. The highest BCUT2D eigenvalue weighted by molar-refractivity contribution is 6.33. The molecule has 3 aromatic carbocycles. The molecule has 162 valence electrons. The van der Waals surface area contributed by atoms with Crippen LogP contribution in [0.15, 0.2) is 72.8 Å². The van der Waals surface area contributed by atoms with Gasteiger partial charge in [-0.25, -0.2) is 0 Å². The molecule has 2 N–H and O–H groups in total. The van der Waals surface area contributed by atoms with Crippen molar-refractivity contribution in [3.63, 3.8) is 0 Å². The molecule has 1 aliphatic heterocycles. The van der Waals surface area contributed by atoms with Gasteiger partial charge in [-0.05, 0) is 41.5 Å². The van der Waals surface area contributed by atoms with Crippen LogP contribution in [0.2, 0.25) is 5.02 Å². The van der Waals surface area contributed by atoms with E-state index in [1.54, 1.807) is 53.4 Å². The third-order valence-electron chi connectivity index (χ3n) is 5.37. The minimum Gasteiger partial charge on any atom is -0.326 e. The fourth-order valence-electron chi connectivity index (χ4n) is 3.86. The van der Waals surface area contributed by atoms with Gasteiger partial charge < -0.3 is 15.5 Å². The average Bonchev–Trinajstić information content (AvgIpc) is 2.78. The summed E-state index contributed by atoms with van der Waals surface area (Å²) < 4.78 is 0. The Morgan fingerprint density at radius 1 is 0.875 bits per heavy atom. The van der Waals surface area contributed by atoms with Crippen LogP contribution in [0.5, 0.6) is 0 Å². The lowest BCUT2D eigenvalue weighted by molar-refractivity contribution is -0.121. The molecular weight excluding hydrogens is 426 g/mol. The lowest BCUT2D eigenvalue weighted by Gasteiger charge is -2.36. The standard InChI is InChI=1S/C25H22ClN3O3/c1-16(30)27-19-9-6-10-20(14-19)28-24(31)23-13-17-7-2-3-8-18(17)15-29(23)25(32)21-11-4-5-12-22(21)26/h2-12,14,23H,13,15H2,1H3,(H,27,30)(H,28,31). The number of halogens is 1. The van der Waals surface area contributed by atoms with Crippen molar-refractivity contribution < 1.29 is 14.4 Å². The molecule has 6 nitrogen and oxygen atoms in total. The van der Waals surface area contributed by atoms with E-state index >= 15 is 0 Å². The molecule has 0 saturated heterocycles. The van der Waals surface area contributed by atoms with Gasteiger partial charge in [-0.2, -0.15) is 0 Å². The second-order valence-electron chi connectivity index (χ2n) is 7.65. The van der Waals surface area contributed by atoms with Crippen LogP contribution in [0.3, 0.4) is 0 Å². The zero-order valence-corrected chi connectivity index (χ0v) is 18.2. The molecule has 1 atom stereocenters. The molecule has 0 bridgehead atoms. The van der Waals surface area contributed by atoms with Crippen molar-refractivity contribution in [2.75, 3.05) is 10.6 Å². The van der Waals surface area contributed by atoms with Gasteiger partial charge in [-0.3, -0.25) is 14.4 Å². The number of anilines is 2. The first-order chi connectivity index (χ1) is 15.4. The van der Waals surface area contributed by atoms with E-state index in [4.69, 9.17) is 11.6 Å². The first-order valence-corrected chi connectivity index (χ1v) is 10.6. The second kappa shape index (κ2) is 9.24. The van der Waals surface area contributed by atoms with E-state index in [1.165, 1.54) is 6.92 Å². The van der Waals surface area contributed by atoms with Crippen molar-refractivity contribution in [1.29, 1.82) is 0 Å². The van der Waals surface area contributed by atoms with Gasteiger partial charge in [0.25, 0.3) is 5.91 Å². The summed E-state index contributed by atoms with van der Waals surface area (Å²) in [6.45, 7) is 1.73. The molecule has 0 spiro atoms. The highest BCUT2D eigenvalue weighted by Crippen LogP contribution is 2.28. The molecule has 1 aliphatic rings. The van der Waals surface area contributed by atoms with E-state index in [1.807, 2.05) is 24.3 Å². The van der Waals surface area contributed by atoms with E-state index in [2.05, 4.69) is 10.6 Å². The topological polar surface area (TPSA) is 78.5 Å². The van der Waals surface area contributed by atoms with Gasteiger partial charge in [0.1, 0.15) is 6.04 Å². The van der Waals surface area contributed by atoms with Crippen molar-refractivity contribution in [3.8, 4) is 0 Å². The summed E-state index contributed by atoms with van der Waals surface area (Å²) in [7, 11) is 0. The maximum Gasteiger partial charge on any atom is 0.256 e. The van der Waals surface area contributed by atoms with Gasteiger partial charge in [0.15, 0.2) is 0 Å². The van der Waals surface area contributed by atoms with Crippen LogP contribution >= 0.6 is 11.6 Å². The fourth-order valence-corrected chi connectivity index (χ4v) is 4.08. The fraction of sp³-hybridized carbons (Fsp3) is 0.160. The summed E-state index contributed by atoms with van der Waals surface area (Å²) in [5, 5.41) is 5.93. The Morgan fingerprint density at radius 3 is 2.25 bits per heavy atom. The van der Waals surface area contributed by atoms with Crippen LogP contribution in [0.1, 0.15) is 28.4 Å². The summed E-state index contributed by atoms with van der Waals surface area (Å²) in [6, 6.07) is 20.8. The zero-order chi connectivity index (χ0) is 22.7. The minimum atomic E-state index is -0.710. The van der Waals surface area contributed by atoms with E-state index in [0.29, 0.717) is 34.9 Å². The molecule has 0 aliphatic carbocycles. The molecule has 0 aromatic heterocycles. The molecule has 0 fully saturated rings. The van der Waals surface area contributed by atoms with Crippen molar-refractivity contribution in [3.05, 3.63) is 94.5 Å². The average molecular weight is 448 g/mol. The number of hydrogen-bond acceptors (Lipinski definition) is 3. The summed E-state index contributed by atoms with van der Waals surface area (Å²) in [5.74, 6) is -0.800. The van der Waals surface area contributed by atoms with Crippen LogP contribution in [0.4, 0.5) is 11.4 Å². The quantitative estimate of drug-likeness (QED) is 0.617. The number of fused-ring (bicyclic) bond motifs is 1. The van der Waals surface area contributed by atoms with Crippen LogP contribution in [-0.2, 0) is 22.6 Å². The Hall–Kier alpha value is -3.64. The third-order valence-corrected chi connectivity index (χ3v) is 5.70. The molecule has 4 rings (SSSR count). The predicted molar refractivity (Wildman–Crippen MR) is 125 cm³/mol. The minimum absolute atomic E-state index is 0.200. The number of carbonyl (C=O) groups is 3. The monoisotopic (exact) mass is 447 g/mol. The molecule has 3 aromatic rings. The Morgan fingerprint density at radius 2 is 1.53 bits per heavy atom. The molecule has 3 amide bonds. The van der Waals surface area contributed by atoms with Gasteiger partial charge in [-0.1, -0.05) is 54.1 Å². The summed E-state index contributed by atoms with van der Waals surface area (Å²) in [5.41, 5.74) is 3.50. The van der Waals surface area contributed by atoms with Crippen molar-refractivity contribution in [1.82, 2.24) is 4.90 Å². The molecule has 0 radical (unpaired) electrons. The third kappa shape index (κ3) is 4.65. The molecule has 0 saturated carbocycles. The van der Waals surface area contributed by atoms with E-state index in [-0.39, 0.29) is 17.7 Å². The van der Waals surface area contributed by atoms with Crippen LogP contribution < -0.4 is 10.6 Å². The van der Waals surface area contributed by atoms with Gasteiger partial charge >= 0.3 is 0 Å². The number of hydrogen-bond donors (Lipinski definition) is 2. The zero-order valence-electron chi connectivity index (χ0n) is 17.5. The van der Waals surface area contributed by atoms with Crippen LogP contribution in [0.25, 0.3) is 0 Å². The number of carbonyl (C=O) groups excluding carboxylic acids is 3. The number of nitrogens with zero attached hydrogens (tertiary/aromatic N) is 1. The van der Waals surface area contributed by atoms with Gasteiger partial charge in [-0.15, -0.1) is 0 Å². The first kappa shape index (κ1) is 21.6. The van der Waals surface area contributed by atoms with Crippen molar-refractivity contribution >= 4 is 40.7 Å². The van der Waals surface area contributed by atoms with E-state index in [9.17, 15) is 14.4 Å². The van der Waals surface area contributed by atoms with E-state index in [0.717, 1.165) is 11.1 Å². The lowest BCUT2D eigenvalue weighted by atomic mass is 9.92. The summed E-state index contributed by atoms with van der Waals surface area (Å²) >= 11 is 6.27. The molecule has 7 heteroatoms. The SMILES string of the molecule is CC(=O)Nc1cccc(NC(=O)C2Cc3ccccc3CN2C(=O)c2ccccc2Cl)c1. The molecule has 1 unspecified atom stereocenters. The second-order valence-corrected chi connectivity index (χ2v) is 8.06. The number of nitrogens with one attached hydrogen (secondary N) is 2. The Kier molecular flexibility index (Phi) is 6.23. The lowest BCUT2D eigenvalue weighted by Crippen LogP contribution is -2.50. The maximum absolute atomic E-state index is 13.4. The molecule has 32 heavy (non-hydrogen) atoms. The Bertz CT molecular complexity index is 1190. The van der Waals surface area contributed by atoms with Crippen molar-refractivity contribution in [2.24, 2.45) is 0 Å². The van der Waals surface area contributed by atoms with Gasteiger partial charge in [0.2, 0.25) is 11.8 Å². The van der Waals surface area contributed by atoms with Crippen molar-refractivity contribution in [2.45, 2.75) is 25.9 Å². The molecule has 1 heterocycles. The largest absolute Gasteiger partial charge is 0.326 e. The first-order valence-electron chi connectivity index (χ1n) is 10.2. The van der Waals surface area contributed by atoms with E-state index < -0.39 is 6.04 Å². The Balaban J connectivity index is 1.63. The van der Waals surface area contributed by atoms with Crippen LogP contribution in [-0.4, -0.2) is 28.7 Å². The highest BCUT2D eigenvalue weighted by atomic mass is 35.5. The molecular formula is C25H22ClN3O3.